The molecule has 1 heterocycles. The van der Waals surface area contributed by atoms with Gasteiger partial charge in [0.1, 0.15) is 6.54 Å². The summed E-state index contributed by atoms with van der Waals surface area (Å²) < 4.78 is 1.56. The van der Waals surface area contributed by atoms with Crippen molar-refractivity contribution in [2.45, 2.75) is 32.4 Å². The molecule has 1 saturated carbocycles. The highest BCUT2D eigenvalue weighted by Crippen LogP contribution is 2.31. The van der Waals surface area contributed by atoms with E-state index in [0.29, 0.717) is 24.7 Å². The van der Waals surface area contributed by atoms with E-state index in [0.717, 1.165) is 24.8 Å². The van der Waals surface area contributed by atoms with E-state index >= 15 is 0 Å². The largest absolute Gasteiger partial charge is 0.352 e. The Morgan fingerprint density at radius 2 is 2.15 bits per heavy atom. The molecule has 0 radical (unpaired) electrons. The number of hydrogen-bond acceptors (Lipinski definition) is 4. The third-order valence-corrected chi connectivity index (χ3v) is 4.84. The summed E-state index contributed by atoms with van der Waals surface area (Å²) in [5.74, 6) is 0.248. The molecule has 0 saturated heterocycles. The topological polar surface area (TPSA) is 102 Å². The van der Waals surface area contributed by atoms with Gasteiger partial charge in [-0.2, -0.15) is 5.10 Å². The van der Waals surface area contributed by atoms with Crippen molar-refractivity contribution in [2.75, 3.05) is 11.9 Å². The van der Waals surface area contributed by atoms with Gasteiger partial charge in [-0.25, -0.2) is 0 Å². The molecule has 2 atom stereocenters. The van der Waals surface area contributed by atoms with E-state index < -0.39 is 0 Å². The van der Waals surface area contributed by atoms with E-state index in [2.05, 4.69) is 15.7 Å². The highest BCUT2D eigenvalue weighted by molar-refractivity contribution is 5.90. The molecule has 1 aliphatic carbocycles. The van der Waals surface area contributed by atoms with Crippen LogP contribution in [0.4, 0.5) is 5.69 Å². The molecule has 0 bridgehead atoms. The lowest BCUT2D eigenvalue weighted by atomic mass is 9.95. The molecule has 4 N–H and O–H groups in total. The van der Waals surface area contributed by atoms with Gasteiger partial charge in [-0.05, 0) is 49.1 Å². The van der Waals surface area contributed by atoms with Crippen molar-refractivity contribution < 1.29 is 9.59 Å². The van der Waals surface area contributed by atoms with Crippen LogP contribution in [-0.4, -0.2) is 28.1 Å². The van der Waals surface area contributed by atoms with Gasteiger partial charge in [-0.3, -0.25) is 14.3 Å². The zero-order chi connectivity index (χ0) is 18.4. The van der Waals surface area contributed by atoms with Crippen molar-refractivity contribution >= 4 is 17.5 Å². The number of rotatable bonds is 7. The Balaban J connectivity index is 1.52. The molecule has 1 aromatic heterocycles. The molecule has 0 aliphatic heterocycles. The van der Waals surface area contributed by atoms with Crippen LogP contribution in [0.15, 0.2) is 42.7 Å². The molecule has 2 amide bonds. The van der Waals surface area contributed by atoms with Gasteiger partial charge in [0.25, 0.3) is 0 Å². The lowest BCUT2D eigenvalue weighted by Gasteiger charge is -2.17. The van der Waals surface area contributed by atoms with Crippen LogP contribution in [0.25, 0.3) is 0 Å². The number of nitrogens with two attached hydrogens (primary N) is 1. The Morgan fingerprint density at radius 3 is 2.92 bits per heavy atom. The summed E-state index contributed by atoms with van der Waals surface area (Å²) in [4.78, 5) is 24.4. The lowest BCUT2D eigenvalue weighted by molar-refractivity contribution is -0.126. The van der Waals surface area contributed by atoms with Gasteiger partial charge < -0.3 is 16.4 Å². The zero-order valence-electron chi connectivity index (χ0n) is 14.7. The van der Waals surface area contributed by atoms with Crippen LogP contribution < -0.4 is 16.4 Å². The minimum Gasteiger partial charge on any atom is -0.352 e. The van der Waals surface area contributed by atoms with Crippen LogP contribution >= 0.6 is 0 Å². The van der Waals surface area contributed by atoms with E-state index in [1.54, 1.807) is 23.1 Å². The maximum Gasteiger partial charge on any atom is 0.246 e. The Bertz CT molecular complexity index is 744. The monoisotopic (exact) mass is 355 g/mol. The first-order valence-electron chi connectivity index (χ1n) is 8.99. The summed E-state index contributed by atoms with van der Waals surface area (Å²) in [5, 5.41) is 9.87. The van der Waals surface area contributed by atoms with Crippen LogP contribution in [0, 0.1) is 11.8 Å². The van der Waals surface area contributed by atoms with Gasteiger partial charge in [0.15, 0.2) is 0 Å². The van der Waals surface area contributed by atoms with Gasteiger partial charge in [-0.15, -0.1) is 0 Å². The fraction of sp³-hybridized carbons (Fsp3) is 0.421. The molecule has 7 nitrogen and oxygen atoms in total. The van der Waals surface area contributed by atoms with Crippen molar-refractivity contribution in [2.24, 2.45) is 17.6 Å². The zero-order valence-corrected chi connectivity index (χ0v) is 14.7. The predicted molar refractivity (Wildman–Crippen MR) is 99.0 cm³/mol. The number of aromatic nitrogens is 2. The van der Waals surface area contributed by atoms with Crippen LogP contribution in [0.1, 0.15) is 24.8 Å². The summed E-state index contributed by atoms with van der Waals surface area (Å²) in [6.45, 7) is 1.17. The normalized spacial score (nSPS) is 19.3. The first-order valence-corrected chi connectivity index (χ1v) is 8.99. The van der Waals surface area contributed by atoms with Gasteiger partial charge in [0, 0.05) is 30.5 Å². The number of carbonyl (C=O) groups excluding carboxylic acids is 2. The Kier molecular flexibility index (Phi) is 6.01. The van der Waals surface area contributed by atoms with Gasteiger partial charge in [0.2, 0.25) is 11.8 Å². The fourth-order valence-electron chi connectivity index (χ4n) is 3.49. The summed E-state index contributed by atoms with van der Waals surface area (Å²) in [7, 11) is 0. The molecule has 1 aliphatic rings. The summed E-state index contributed by atoms with van der Waals surface area (Å²) in [5.41, 5.74) is 7.40. The molecule has 7 heteroatoms. The average molecular weight is 355 g/mol. The number of carbonyl (C=O) groups is 2. The van der Waals surface area contributed by atoms with E-state index in [1.807, 2.05) is 24.3 Å². The van der Waals surface area contributed by atoms with E-state index in [1.165, 1.54) is 0 Å². The summed E-state index contributed by atoms with van der Waals surface area (Å²) >= 11 is 0. The first kappa shape index (κ1) is 18.1. The van der Waals surface area contributed by atoms with Crippen molar-refractivity contribution in [1.82, 2.24) is 15.1 Å². The van der Waals surface area contributed by atoms with Crippen molar-refractivity contribution in [3.05, 3.63) is 48.3 Å². The molecular weight excluding hydrogens is 330 g/mol. The second-order valence-electron chi connectivity index (χ2n) is 6.70. The minimum absolute atomic E-state index is 0.0250. The lowest BCUT2D eigenvalue weighted by Crippen LogP contribution is -2.34. The quantitative estimate of drug-likeness (QED) is 0.700. The number of benzene rings is 1. The van der Waals surface area contributed by atoms with Crippen LogP contribution in [0.2, 0.25) is 0 Å². The summed E-state index contributed by atoms with van der Waals surface area (Å²) in [6.07, 6.45) is 6.39. The SMILES string of the molecule is NC[C@H]1CCC[C@H]1C(=O)NCc1cccc(NC(=O)Cn2cccn2)c1. The Hall–Kier alpha value is -2.67. The van der Waals surface area contributed by atoms with Gasteiger partial charge in [-0.1, -0.05) is 18.6 Å². The minimum atomic E-state index is -0.147. The molecule has 1 fully saturated rings. The second-order valence-corrected chi connectivity index (χ2v) is 6.70. The molecule has 0 spiro atoms. The fourth-order valence-corrected chi connectivity index (χ4v) is 3.49. The van der Waals surface area contributed by atoms with Gasteiger partial charge in [0.05, 0.1) is 0 Å². The van der Waals surface area contributed by atoms with E-state index in [-0.39, 0.29) is 24.3 Å². The average Bonchev–Trinajstić information content (AvgIpc) is 3.31. The van der Waals surface area contributed by atoms with Crippen molar-refractivity contribution in [3.63, 3.8) is 0 Å². The highest BCUT2D eigenvalue weighted by atomic mass is 16.2. The number of amides is 2. The molecule has 0 unspecified atom stereocenters. The first-order chi connectivity index (χ1) is 12.7. The second kappa shape index (κ2) is 8.62. The van der Waals surface area contributed by atoms with Crippen molar-refractivity contribution in [3.8, 4) is 0 Å². The van der Waals surface area contributed by atoms with Crippen LogP contribution in [0.3, 0.4) is 0 Å². The standard InChI is InChI=1S/C19H25N5O2/c20-11-15-5-2-7-17(15)19(26)21-12-14-4-1-6-16(10-14)23-18(25)13-24-9-3-8-22-24/h1,3-4,6,8-10,15,17H,2,5,7,11-13,20H2,(H,21,26)(H,23,25)/t15-,17-/m1/s1. The van der Waals surface area contributed by atoms with E-state index in [9.17, 15) is 9.59 Å². The molecule has 3 rings (SSSR count). The maximum atomic E-state index is 12.4. The van der Waals surface area contributed by atoms with Crippen LogP contribution in [-0.2, 0) is 22.7 Å². The molecule has 1 aromatic carbocycles. The molecule has 138 valence electrons. The van der Waals surface area contributed by atoms with Gasteiger partial charge >= 0.3 is 0 Å². The predicted octanol–water partition coefficient (Wildman–Crippen LogP) is 1.51. The highest BCUT2D eigenvalue weighted by Gasteiger charge is 2.31. The third kappa shape index (κ3) is 4.70. The molecule has 26 heavy (non-hydrogen) atoms. The Labute approximate surface area is 153 Å². The van der Waals surface area contributed by atoms with E-state index in [4.69, 9.17) is 5.73 Å². The number of hydrogen-bond donors (Lipinski definition) is 3. The van der Waals surface area contributed by atoms with Crippen molar-refractivity contribution in [1.29, 1.82) is 0 Å². The number of nitrogens with one attached hydrogen (secondary N) is 2. The number of nitrogens with zero attached hydrogens (tertiary/aromatic N) is 2. The summed E-state index contributed by atoms with van der Waals surface area (Å²) in [6, 6.07) is 9.27. The Morgan fingerprint density at radius 1 is 1.27 bits per heavy atom. The smallest absolute Gasteiger partial charge is 0.246 e. The molecular formula is C19H25N5O2. The maximum absolute atomic E-state index is 12.4. The number of anilines is 1. The third-order valence-electron chi connectivity index (χ3n) is 4.84. The van der Waals surface area contributed by atoms with Crippen LogP contribution in [0.5, 0.6) is 0 Å². The molecule has 2 aromatic rings.